The van der Waals surface area contributed by atoms with Crippen molar-refractivity contribution in [1.29, 1.82) is 0 Å². The van der Waals surface area contributed by atoms with E-state index >= 15 is 0 Å². The van der Waals surface area contributed by atoms with E-state index in [2.05, 4.69) is 23.2 Å². The van der Waals surface area contributed by atoms with Crippen molar-refractivity contribution in [2.75, 3.05) is 20.2 Å². The van der Waals surface area contributed by atoms with Crippen molar-refractivity contribution in [1.82, 2.24) is 5.32 Å². The van der Waals surface area contributed by atoms with Gasteiger partial charge in [-0.25, -0.2) is 4.39 Å². The molecule has 0 aromatic rings. The second kappa shape index (κ2) is 7.00. The van der Waals surface area contributed by atoms with Crippen LogP contribution < -0.4 is 5.32 Å². The predicted molar refractivity (Wildman–Crippen MR) is 48.7 cm³/mol. The Morgan fingerprint density at radius 3 is 2.92 bits per heavy atom. The van der Waals surface area contributed by atoms with E-state index in [4.69, 9.17) is 0 Å². The number of rotatable bonds is 7. The number of halogens is 1. The molecule has 0 heterocycles. The Hall–Kier alpha value is -0.670. The van der Waals surface area contributed by atoms with Crippen LogP contribution in [0.25, 0.3) is 0 Å². The molecular weight excluding hydrogens is 157 g/mol. The van der Waals surface area contributed by atoms with Gasteiger partial charge in [0.1, 0.15) is 0 Å². The molecule has 0 aromatic carbocycles. The Bertz CT molecular complexity index is 147. The summed E-state index contributed by atoms with van der Waals surface area (Å²) in [4.78, 5) is 0. The number of nitrogens with one attached hydrogen (secondary N) is 1. The molecule has 0 aliphatic carbocycles. The average molecular weight is 173 g/mol. The fourth-order valence-corrected chi connectivity index (χ4v) is 0.733. The van der Waals surface area contributed by atoms with E-state index in [1.54, 1.807) is 6.08 Å². The topological polar surface area (TPSA) is 21.3 Å². The molecule has 1 N–H and O–H groups in total. The lowest BCUT2D eigenvalue weighted by atomic mass is 10.2. The van der Waals surface area contributed by atoms with Crippen LogP contribution >= 0.6 is 0 Å². The van der Waals surface area contributed by atoms with Crippen LogP contribution in [0.5, 0.6) is 0 Å². The van der Waals surface area contributed by atoms with Crippen molar-refractivity contribution < 1.29 is 9.13 Å². The smallest absolute Gasteiger partial charge is 0.202 e. The summed E-state index contributed by atoms with van der Waals surface area (Å²) in [6, 6.07) is 0. The van der Waals surface area contributed by atoms with E-state index in [-0.39, 0.29) is 6.42 Å². The van der Waals surface area contributed by atoms with E-state index in [1.165, 1.54) is 7.11 Å². The highest BCUT2D eigenvalue weighted by atomic mass is 19.1. The molecule has 12 heavy (non-hydrogen) atoms. The highest BCUT2D eigenvalue weighted by molar-refractivity contribution is 4.97. The summed E-state index contributed by atoms with van der Waals surface area (Å²) in [6.45, 7) is 8.56. The summed E-state index contributed by atoms with van der Waals surface area (Å²) in [7, 11) is 1.34. The lowest BCUT2D eigenvalue weighted by molar-refractivity contribution is -0.00376. The molecule has 2 nitrogen and oxygen atoms in total. The normalized spacial score (nSPS) is 12.5. The van der Waals surface area contributed by atoms with E-state index in [0.29, 0.717) is 13.1 Å². The summed E-state index contributed by atoms with van der Waals surface area (Å²) >= 11 is 0. The van der Waals surface area contributed by atoms with E-state index < -0.39 is 6.36 Å². The Morgan fingerprint density at radius 1 is 1.75 bits per heavy atom. The highest BCUT2D eigenvalue weighted by Crippen LogP contribution is 2.05. The highest BCUT2D eigenvalue weighted by Gasteiger charge is 2.05. The van der Waals surface area contributed by atoms with Gasteiger partial charge in [-0.05, 0) is 0 Å². The molecule has 0 aromatic heterocycles. The first-order valence-corrected chi connectivity index (χ1v) is 3.85. The van der Waals surface area contributed by atoms with Crippen LogP contribution in [0.1, 0.15) is 6.42 Å². The van der Waals surface area contributed by atoms with Crippen molar-refractivity contribution in [2.24, 2.45) is 0 Å². The zero-order valence-corrected chi connectivity index (χ0v) is 7.48. The average Bonchev–Trinajstić information content (AvgIpc) is 2.05. The van der Waals surface area contributed by atoms with Crippen LogP contribution in [0.4, 0.5) is 4.39 Å². The van der Waals surface area contributed by atoms with Crippen LogP contribution in [0, 0.1) is 0 Å². The minimum atomic E-state index is -1.23. The quantitative estimate of drug-likeness (QED) is 0.467. The molecule has 0 bridgehead atoms. The van der Waals surface area contributed by atoms with Gasteiger partial charge in [0.25, 0.3) is 0 Å². The van der Waals surface area contributed by atoms with Crippen molar-refractivity contribution in [3.63, 3.8) is 0 Å². The van der Waals surface area contributed by atoms with Crippen LogP contribution in [-0.4, -0.2) is 26.6 Å². The molecule has 0 aliphatic heterocycles. The van der Waals surface area contributed by atoms with Crippen molar-refractivity contribution in [2.45, 2.75) is 12.8 Å². The van der Waals surface area contributed by atoms with Gasteiger partial charge in [-0.1, -0.05) is 18.2 Å². The first-order chi connectivity index (χ1) is 5.70. The van der Waals surface area contributed by atoms with Gasteiger partial charge in [0.2, 0.25) is 6.36 Å². The minimum absolute atomic E-state index is 0.251. The molecule has 0 saturated carbocycles. The standard InChI is InChI=1S/C9H16FNO/c1-4-5-11-7-8(2)6-9(10)12-3/h4,9,11H,1-2,5-7H2,3H3. The number of hydrogen-bond donors (Lipinski definition) is 1. The Morgan fingerprint density at radius 2 is 2.42 bits per heavy atom. The molecule has 0 spiro atoms. The fraction of sp³-hybridized carbons (Fsp3) is 0.556. The third-order valence-corrected chi connectivity index (χ3v) is 1.37. The number of methoxy groups -OCH3 is 1. The van der Waals surface area contributed by atoms with Crippen molar-refractivity contribution in [3.05, 3.63) is 24.8 Å². The van der Waals surface area contributed by atoms with Gasteiger partial charge in [-0.2, -0.15) is 0 Å². The molecule has 0 amide bonds. The molecule has 0 fully saturated rings. The number of alkyl halides is 1. The lowest BCUT2D eigenvalue weighted by Gasteiger charge is -2.08. The SMILES string of the molecule is C=CCNCC(=C)CC(F)OC. The first kappa shape index (κ1) is 11.3. The Balaban J connectivity index is 3.39. The van der Waals surface area contributed by atoms with Crippen molar-refractivity contribution in [3.8, 4) is 0 Å². The molecular formula is C9H16FNO. The molecule has 3 heteroatoms. The van der Waals surface area contributed by atoms with Gasteiger partial charge in [-0.15, -0.1) is 6.58 Å². The molecule has 1 atom stereocenters. The third kappa shape index (κ3) is 6.07. The van der Waals surface area contributed by atoms with Gasteiger partial charge in [0.15, 0.2) is 0 Å². The predicted octanol–water partition coefficient (Wildman–Crippen LogP) is 1.65. The number of ether oxygens (including phenoxy) is 1. The maximum absolute atomic E-state index is 12.6. The van der Waals surface area contributed by atoms with Gasteiger partial charge in [0.05, 0.1) is 0 Å². The fourth-order valence-electron chi connectivity index (χ4n) is 0.733. The van der Waals surface area contributed by atoms with Crippen molar-refractivity contribution >= 4 is 0 Å². The molecule has 0 rings (SSSR count). The zero-order chi connectivity index (χ0) is 9.40. The Labute approximate surface area is 73.1 Å². The zero-order valence-electron chi connectivity index (χ0n) is 7.48. The molecule has 0 radical (unpaired) electrons. The van der Waals surface area contributed by atoms with E-state index in [9.17, 15) is 4.39 Å². The maximum atomic E-state index is 12.6. The monoisotopic (exact) mass is 173 g/mol. The van der Waals surface area contributed by atoms with Crippen LogP contribution in [0.3, 0.4) is 0 Å². The van der Waals surface area contributed by atoms with Crippen LogP contribution in [-0.2, 0) is 4.74 Å². The Kier molecular flexibility index (Phi) is 6.61. The van der Waals surface area contributed by atoms with E-state index in [0.717, 1.165) is 5.57 Å². The van der Waals surface area contributed by atoms with Gasteiger partial charge in [0, 0.05) is 26.6 Å². The van der Waals surface area contributed by atoms with Crippen LogP contribution in [0.2, 0.25) is 0 Å². The number of hydrogen-bond acceptors (Lipinski definition) is 2. The minimum Gasteiger partial charge on any atom is -0.351 e. The maximum Gasteiger partial charge on any atom is 0.202 e. The molecule has 70 valence electrons. The summed E-state index contributed by atoms with van der Waals surface area (Å²) in [5.74, 6) is 0. The summed E-state index contributed by atoms with van der Waals surface area (Å²) in [5, 5.41) is 3.02. The second-order valence-electron chi connectivity index (χ2n) is 2.52. The second-order valence-corrected chi connectivity index (χ2v) is 2.52. The summed E-state index contributed by atoms with van der Waals surface area (Å²) in [5.41, 5.74) is 0.797. The lowest BCUT2D eigenvalue weighted by Crippen LogP contribution is -2.18. The third-order valence-electron chi connectivity index (χ3n) is 1.37. The largest absolute Gasteiger partial charge is 0.351 e. The summed E-state index contributed by atoms with van der Waals surface area (Å²) < 4.78 is 17.0. The van der Waals surface area contributed by atoms with Gasteiger partial charge >= 0.3 is 0 Å². The van der Waals surface area contributed by atoms with Gasteiger partial charge in [-0.3, -0.25) is 0 Å². The molecule has 1 unspecified atom stereocenters. The molecule has 0 saturated heterocycles. The molecule has 0 aliphatic rings. The summed E-state index contributed by atoms with van der Waals surface area (Å²) in [6.07, 6.45) is 0.764. The van der Waals surface area contributed by atoms with Gasteiger partial charge < -0.3 is 10.1 Å². The van der Waals surface area contributed by atoms with Crippen LogP contribution in [0.15, 0.2) is 24.8 Å². The van der Waals surface area contributed by atoms with E-state index in [1.807, 2.05) is 0 Å². The first-order valence-electron chi connectivity index (χ1n) is 3.85.